The highest BCUT2D eigenvalue weighted by atomic mass is 19.1. The van der Waals surface area contributed by atoms with Crippen LogP contribution in [0.1, 0.15) is 18.4 Å². The Morgan fingerprint density at radius 1 is 1.40 bits per heavy atom. The van der Waals surface area contributed by atoms with Crippen molar-refractivity contribution in [2.45, 2.75) is 31.5 Å². The summed E-state index contributed by atoms with van der Waals surface area (Å²) >= 11 is 0. The van der Waals surface area contributed by atoms with Crippen LogP contribution in [0.15, 0.2) is 24.3 Å². The van der Waals surface area contributed by atoms with Gasteiger partial charge in [0.2, 0.25) is 5.91 Å². The van der Waals surface area contributed by atoms with Gasteiger partial charge in [-0.05, 0) is 30.5 Å². The van der Waals surface area contributed by atoms with Crippen LogP contribution in [-0.4, -0.2) is 35.7 Å². The van der Waals surface area contributed by atoms with Crippen LogP contribution in [0.4, 0.5) is 4.39 Å². The summed E-state index contributed by atoms with van der Waals surface area (Å²) in [6.07, 6.45) is 0.108. The number of benzene rings is 1. The van der Waals surface area contributed by atoms with Crippen LogP contribution in [0.25, 0.3) is 0 Å². The number of carbonyl (C=O) groups is 2. The third kappa shape index (κ3) is 4.03. The molecule has 1 aromatic carbocycles. The number of nitrogens with one attached hydrogen (secondary N) is 1. The van der Waals surface area contributed by atoms with E-state index in [2.05, 4.69) is 5.32 Å². The van der Waals surface area contributed by atoms with Gasteiger partial charge in [0, 0.05) is 6.54 Å². The summed E-state index contributed by atoms with van der Waals surface area (Å²) in [6, 6.07) is 5.86. The average molecular weight is 281 g/mol. The summed E-state index contributed by atoms with van der Waals surface area (Å²) in [4.78, 5) is 22.4. The molecule has 2 atom stereocenters. The van der Waals surface area contributed by atoms with E-state index in [0.717, 1.165) is 0 Å². The first-order valence-corrected chi connectivity index (χ1v) is 6.44. The summed E-state index contributed by atoms with van der Waals surface area (Å²) in [6.45, 7) is 0.276. The lowest BCUT2D eigenvalue weighted by atomic mass is 10.1. The van der Waals surface area contributed by atoms with Crippen molar-refractivity contribution in [3.63, 3.8) is 0 Å². The first-order valence-electron chi connectivity index (χ1n) is 6.44. The van der Waals surface area contributed by atoms with Crippen LogP contribution < -0.4 is 5.32 Å². The Morgan fingerprint density at radius 2 is 2.20 bits per heavy atom. The van der Waals surface area contributed by atoms with Crippen LogP contribution in [0.5, 0.6) is 0 Å². The Kier molecular flexibility index (Phi) is 4.68. The third-order valence-corrected chi connectivity index (χ3v) is 3.16. The molecule has 0 bridgehead atoms. The van der Waals surface area contributed by atoms with Crippen molar-refractivity contribution >= 4 is 11.9 Å². The first-order chi connectivity index (χ1) is 9.54. The van der Waals surface area contributed by atoms with Gasteiger partial charge in [-0.2, -0.15) is 0 Å². The molecule has 1 amide bonds. The molecule has 1 aromatic rings. The molecular formula is C14H16FNO4. The molecule has 1 fully saturated rings. The van der Waals surface area contributed by atoms with E-state index in [9.17, 15) is 14.0 Å². The van der Waals surface area contributed by atoms with Gasteiger partial charge in [0.05, 0.1) is 12.5 Å². The smallest absolute Gasteiger partial charge is 0.332 e. The maximum atomic E-state index is 13.0. The lowest BCUT2D eigenvalue weighted by Gasteiger charge is -2.12. The molecule has 0 aliphatic carbocycles. The van der Waals surface area contributed by atoms with Crippen molar-refractivity contribution in [3.8, 4) is 0 Å². The molecule has 2 rings (SSSR count). The molecule has 1 aliphatic rings. The molecule has 2 N–H and O–H groups in total. The standard InChI is InChI=1S/C14H16FNO4/c15-10-3-1-2-9(6-10)7-13(17)16-8-11-4-5-12(20-11)14(18)19/h1-3,6,11-12H,4-5,7-8H2,(H,16,17)(H,18,19). The number of rotatable bonds is 5. The van der Waals surface area contributed by atoms with Crippen LogP contribution in [-0.2, 0) is 20.7 Å². The lowest BCUT2D eigenvalue weighted by Crippen LogP contribution is -2.34. The minimum absolute atomic E-state index is 0.0901. The van der Waals surface area contributed by atoms with Gasteiger partial charge in [0.25, 0.3) is 0 Å². The largest absolute Gasteiger partial charge is 0.479 e. The maximum absolute atomic E-state index is 13.0. The number of hydrogen-bond donors (Lipinski definition) is 2. The van der Waals surface area contributed by atoms with Gasteiger partial charge in [0.1, 0.15) is 5.82 Å². The normalized spacial score (nSPS) is 21.6. The maximum Gasteiger partial charge on any atom is 0.332 e. The van der Waals surface area contributed by atoms with Crippen molar-refractivity contribution in [1.29, 1.82) is 0 Å². The van der Waals surface area contributed by atoms with E-state index in [1.54, 1.807) is 12.1 Å². The van der Waals surface area contributed by atoms with Crippen LogP contribution in [0.2, 0.25) is 0 Å². The Morgan fingerprint density at radius 3 is 2.85 bits per heavy atom. The fraction of sp³-hybridized carbons (Fsp3) is 0.429. The SMILES string of the molecule is O=C(Cc1cccc(F)c1)NCC1CCC(C(=O)O)O1. The average Bonchev–Trinajstić information content (AvgIpc) is 2.85. The number of carboxylic acids is 1. The van der Waals surface area contributed by atoms with E-state index >= 15 is 0 Å². The fourth-order valence-corrected chi connectivity index (χ4v) is 2.16. The lowest BCUT2D eigenvalue weighted by molar-refractivity contribution is -0.149. The predicted molar refractivity (Wildman–Crippen MR) is 68.6 cm³/mol. The summed E-state index contributed by atoms with van der Waals surface area (Å²) in [5.74, 6) is -1.59. The number of carbonyl (C=O) groups excluding carboxylic acids is 1. The molecule has 0 radical (unpaired) electrons. The first kappa shape index (κ1) is 14.5. The zero-order chi connectivity index (χ0) is 14.5. The number of halogens is 1. The molecule has 0 aromatic heterocycles. The van der Waals surface area contributed by atoms with E-state index in [1.807, 2.05) is 0 Å². The second kappa shape index (κ2) is 6.47. The van der Waals surface area contributed by atoms with E-state index < -0.39 is 12.1 Å². The molecule has 5 nitrogen and oxygen atoms in total. The molecule has 1 heterocycles. The number of carboxylic acid groups (broad SMARTS) is 1. The number of hydrogen-bond acceptors (Lipinski definition) is 3. The summed E-state index contributed by atoms with van der Waals surface area (Å²) in [5, 5.41) is 11.5. The highest BCUT2D eigenvalue weighted by Gasteiger charge is 2.30. The van der Waals surface area contributed by atoms with Crippen molar-refractivity contribution in [2.24, 2.45) is 0 Å². The molecule has 108 valence electrons. The Labute approximate surface area is 115 Å². The van der Waals surface area contributed by atoms with Crippen molar-refractivity contribution in [1.82, 2.24) is 5.32 Å². The molecule has 2 unspecified atom stereocenters. The van der Waals surface area contributed by atoms with Gasteiger partial charge < -0.3 is 15.2 Å². The van der Waals surface area contributed by atoms with Crippen molar-refractivity contribution in [2.75, 3.05) is 6.54 Å². The minimum Gasteiger partial charge on any atom is -0.479 e. The van der Waals surface area contributed by atoms with Gasteiger partial charge in [-0.25, -0.2) is 9.18 Å². The second-order valence-electron chi connectivity index (χ2n) is 4.77. The summed E-state index contributed by atoms with van der Waals surface area (Å²) in [5.41, 5.74) is 0.596. The Hall–Kier alpha value is -1.95. The highest BCUT2D eigenvalue weighted by Crippen LogP contribution is 2.19. The van der Waals surface area contributed by atoms with E-state index in [1.165, 1.54) is 12.1 Å². The van der Waals surface area contributed by atoms with Crippen molar-refractivity contribution < 1.29 is 23.8 Å². The number of amides is 1. The summed E-state index contributed by atoms with van der Waals surface area (Å²) in [7, 11) is 0. The van der Waals surface area contributed by atoms with E-state index in [4.69, 9.17) is 9.84 Å². The van der Waals surface area contributed by atoms with Gasteiger partial charge in [-0.15, -0.1) is 0 Å². The third-order valence-electron chi connectivity index (χ3n) is 3.16. The van der Waals surface area contributed by atoms with Gasteiger partial charge in [0.15, 0.2) is 6.10 Å². The molecule has 6 heteroatoms. The molecule has 20 heavy (non-hydrogen) atoms. The second-order valence-corrected chi connectivity index (χ2v) is 4.77. The van der Waals surface area contributed by atoms with Crippen LogP contribution >= 0.6 is 0 Å². The Bertz CT molecular complexity index is 506. The zero-order valence-corrected chi connectivity index (χ0v) is 10.8. The van der Waals surface area contributed by atoms with Gasteiger partial charge in [-0.1, -0.05) is 12.1 Å². The highest BCUT2D eigenvalue weighted by molar-refractivity contribution is 5.78. The monoisotopic (exact) mass is 281 g/mol. The molecular weight excluding hydrogens is 265 g/mol. The molecule has 1 saturated heterocycles. The topological polar surface area (TPSA) is 75.6 Å². The number of ether oxygens (including phenoxy) is 1. The zero-order valence-electron chi connectivity index (χ0n) is 10.8. The molecule has 0 saturated carbocycles. The van der Waals surface area contributed by atoms with Crippen LogP contribution in [0.3, 0.4) is 0 Å². The summed E-state index contributed by atoms with van der Waals surface area (Å²) < 4.78 is 18.2. The van der Waals surface area contributed by atoms with Crippen LogP contribution in [0, 0.1) is 5.82 Å². The van der Waals surface area contributed by atoms with E-state index in [0.29, 0.717) is 18.4 Å². The Balaban J connectivity index is 1.75. The quantitative estimate of drug-likeness (QED) is 0.848. The van der Waals surface area contributed by atoms with E-state index in [-0.39, 0.29) is 30.8 Å². The fourth-order valence-electron chi connectivity index (χ4n) is 2.16. The minimum atomic E-state index is -0.974. The molecule has 1 aliphatic heterocycles. The molecule has 0 spiro atoms. The van der Waals surface area contributed by atoms with Crippen molar-refractivity contribution in [3.05, 3.63) is 35.6 Å². The van der Waals surface area contributed by atoms with Gasteiger partial charge in [-0.3, -0.25) is 4.79 Å². The van der Waals surface area contributed by atoms with Gasteiger partial charge >= 0.3 is 5.97 Å². The number of aliphatic carboxylic acids is 1. The predicted octanol–water partition coefficient (Wildman–Crippen LogP) is 1.12.